The highest BCUT2D eigenvalue weighted by molar-refractivity contribution is 9.10. The fourth-order valence-corrected chi connectivity index (χ4v) is 1.61. The third-order valence-electron chi connectivity index (χ3n) is 2.11. The van der Waals surface area contributed by atoms with Gasteiger partial charge in [0.15, 0.2) is 5.78 Å². The first kappa shape index (κ1) is 13.7. The Morgan fingerprint density at radius 2 is 2.06 bits per heavy atom. The minimum atomic E-state index is -0.341. The van der Waals surface area contributed by atoms with Crippen LogP contribution < -0.4 is 4.74 Å². The second kappa shape index (κ2) is 6.39. The fourth-order valence-electron chi connectivity index (χ4n) is 1.25. The van der Waals surface area contributed by atoms with E-state index in [0.29, 0.717) is 11.3 Å². The van der Waals surface area contributed by atoms with Crippen LogP contribution in [-0.4, -0.2) is 25.5 Å². The number of esters is 1. The SMILES string of the molecule is COC(=O)CCOc1ccc(Br)cc1C(C)=O. The number of carbonyl (C=O) groups excluding carboxylic acids is 2. The first-order chi connectivity index (χ1) is 8.04. The number of Topliss-reactive ketones (excluding diaryl/α,β-unsaturated/α-hetero) is 1. The minimum Gasteiger partial charge on any atom is -0.492 e. The van der Waals surface area contributed by atoms with E-state index in [1.165, 1.54) is 14.0 Å². The highest BCUT2D eigenvalue weighted by atomic mass is 79.9. The average molecular weight is 301 g/mol. The van der Waals surface area contributed by atoms with Crippen molar-refractivity contribution in [1.29, 1.82) is 0 Å². The van der Waals surface area contributed by atoms with Gasteiger partial charge in [0.2, 0.25) is 0 Å². The summed E-state index contributed by atoms with van der Waals surface area (Å²) in [6.45, 7) is 1.66. The van der Waals surface area contributed by atoms with Crippen LogP contribution in [-0.2, 0) is 9.53 Å². The molecule has 92 valence electrons. The summed E-state index contributed by atoms with van der Waals surface area (Å²) in [5, 5.41) is 0. The van der Waals surface area contributed by atoms with Crippen LogP contribution in [0.5, 0.6) is 5.75 Å². The van der Waals surface area contributed by atoms with E-state index in [9.17, 15) is 9.59 Å². The highest BCUT2D eigenvalue weighted by Crippen LogP contribution is 2.23. The highest BCUT2D eigenvalue weighted by Gasteiger charge is 2.10. The van der Waals surface area contributed by atoms with Gasteiger partial charge in [0.1, 0.15) is 5.75 Å². The summed E-state index contributed by atoms with van der Waals surface area (Å²) in [6.07, 6.45) is 0.157. The lowest BCUT2D eigenvalue weighted by atomic mass is 10.1. The largest absolute Gasteiger partial charge is 0.492 e. The summed E-state index contributed by atoms with van der Waals surface area (Å²) in [5.41, 5.74) is 0.490. The molecule has 0 bridgehead atoms. The lowest BCUT2D eigenvalue weighted by Gasteiger charge is -2.09. The molecule has 0 aliphatic heterocycles. The normalized spacial score (nSPS) is 9.82. The van der Waals surface area contributed by atoms with Gasteiger partial charge in [0, 0.05) is 4.47 Å². The predicted molar refractivity (Wildman–Crippen MR) is 66.3 cm³/mol. The Morgan fingerprint density at radius 3 is 2.65 bits per heavy atom. The van der Waals surface area contributed by atoms with Crippen molar-refractivity contribution < 1.29 is 19.1 Å². The van der Waals surface area contributed by atoms with Crippen LogP contribution in [0.4, 0.5) is 0 Å². The molecule has 0 saturated heterocycles. The Balaban J connectivity index is 2.70. The zero-order valence-electron chi connectivity index (χ0n) is 9.66. The third kappa shape index (κ3) is 4.19. The maximum Gasteiger partial charge on any atom is 0.308 e. The third-order valence-corrected chi connectivity index (χ3v) is 2.61. The lowest BCUT2D eigenvalue weighted by Crippen LogP contribution is -2.09. The first-order valence-corrected chi connectivity index (χ1v) is 5.84. The number of hydrogen-bond acceptors (Lipinski definition) is 4. The Kier molecular flexibility index (Phi) is 5.15. The molecule has 1 aromatic carbocycles. The number of halogens is 1. The van der Waals surface area contributed by atoms with E-state index < -0.39 is 0 Å². The molecular weight excluding hydrogens is 288 g/mol. The van der Waals surface area contributed by atoms with Gasteiger partial charge in [-0.15, -0.1) is 0 Å². The Morgan fingerprint density at radius 1 is 1.35 bits per heavy atom. The van der Waals surface area contributed by atoms with Crippen LogP contribution in [0, 0.1) is 0 Å². The summed E-state index contributed by atoms with van der Waals surface area (Å²) in [4.78, 5) is 22.3. The summed E-state index contributed by atoms with van der Waals surface area (Å²) >= 11 is 3.29. The average Bonchev–Trinajstić information content (AvgIpc) is 2.30. The second-order valence-corrected chi connectivity index (χ2v) is 4.29. The van der Waals surface area contributed by atoms with Crippen molar-refractivity contribution >= 4 is 27.7 Å². The standard InChI is InChI=1S/C12H13BrO4/c1-8(14)10-7-9(13)3-4-11(10)17-6-5-12(15)16-2/h3-4,7H,5-6H2,1-2H3. The molecule has 0 aliphatic carbocycles. The molecule has 4 nitrogen and oxygen atoms in total. The van der Waals surface area contributed by atoms with Gasteiger partial charge < -0.3 is 9.47 Å². The maximum absolute atomic E-state index is 11.4. The van der Waals surface area contributed by atoms with Crippen LogP contribution in [0.2, 0.25) is 0 Å². The van der Waals surface area contributed by atoms with E-state index in [0.717, 1.165) is 4.47 Å². The van der Waals surface area contributed by atoms with Gasteiger partial charge >= 0.3 is 5.97 Å². The maximum atomic E-state index is 11.4. The van der Waals surface area contributed by atoms with E-state index >= 15 is 0 Å². The molecule has 0 fully saturated rings. The smallest absolute Gasteiger partial charge is 0.308 e. The molecule has 17 heavy (non-hydrogen) atoms. The van der Waals surface area contributed by atoms with Crippen LogP contribution in [0.25, 0.3) is 0 Å². The minimum absolute atomic E-state index is 0.0839. The van der Waals surface area contributed by atoms with E-state index in [1.807, 2.05) is 0 Å². The van der Waals surface area contributed by atoms with Gasteiger partial charge in [-0.2, -0.15) is 0 Å². The Hall–Kier alpha value is -1.36. The van der Waals surface area contributed by atoms with Crippen LogP contribution >= 0.6 is 15.9 Å². The van der Waals surface area contributed by atoms with Crippen molar-refractivity contribution in [3.8, 4) is 5.75 Å². The first-order valence-electron chi connectivity index (χ1n) is 5.04. The van der Waals surface area contributed by atoms with E-state index in [1.54, 1.807) is 18.2 Å². The van der Waals surface area contributed by atoms with Crippen molar-refractivity contribution in [1.82, 2.24) is 0 Å². The number of hydrogen-bond donors (Lipinski definition) is 0. The van der Waals surface area contributed by atoms with Crippen molar-refractivity contribution in [3.05, 3.63) is 28.2 Å². The van der Waals surface area contributed by atoms with Gasteiger partial charge in [0.05, 0.1) is 25.7 Å². The molecule has 0 atom stereocenters. The van der Waals surface area contributed by atoms with Crippen molar-refractivity contribution in [2.75, 3.05) is 13.7 Å². The molecule has 0 aromatic heterocycles. The van der Waals surface area contributed by atoms with E-state index in [2.05, 4.69) is 20.7 Å². The number of ketones is 1. The van der Waals surface area contributed by atoms with Crippen molar-refractivity contribution in [2.45, 2.75) is 13.3 Å². The predicted octanol–water partition coefficient (Wildman–Crippen LogP) is 2.59. The van der Waals surface area contributed by atoms with Gasteiger partial charge in [0.25, 0.3) is 0 Å². The molecule has 0 saturated carbocycles. The Bertz CT molecular complexity index is 429. The molecule has 5 heteroatoms. The Labute approximate surface area is 108 Å². The van der Waals surface area contributed by atoms with Gasteiger partial charge in [-0.1, -0.05) is 15.9 Å². The number of benzene rings is 1. The topological polar surface area (TPSA) is 52.6 Å². The van der Waals surface area contributed by atoms with Crippen LogP contribution in [0.3, 0.4) is 0 Å². The summed E-state index contributed by atoms with van der Waals surface area (Å²) in [7, 11) is 1.32. The van der Waals surface area contributed by atoms with Gasteiger partial charge in [-0.3, -0.25) is 9.59 Å². The molecule has 0 unspecified atom stereocenters. The van der Waals surface area contributed by atoms with Crippen LogP contribution in [0.15, 0.2) is 22.7 Å². The number of rotatable bonds is 5. The quantitative estimate of drug-likeness (QED) is 0.619. The fraction of sp³-hybridized carbons (Fsp3) is 0.333. The molecule has 0 N–H and O–H groups in total. The molecule has 1 aromatic rings. The summed E-state index contributed by atoms with van der Waals surface area (Å²) in [6, 6.07) is 5.16. The zero-order chi connectivity index (χ0) is 12.8. The number of carbonyl (C=O) groups is 2. The summed E-state index contributed by atoms with van der Waals surface area (Å²) in [5.74, 6) is 0.0513. The zero-order valence-corrected chi connectivity index (χ0v) is 11.2. The number of methoxy groups -OCH3 is 1. The van der Waals surface area contributed by atoms with Gasteiger partial charge in [-0.25, -0.2) is 0 Å². The monoisotopic (exact) mass is 300 g/mol. The molecule has 0 spiro atoms. The molecule has 0 aliphatic rings. The number of ether oxygens (including phenoxy) is 2. The van der Waals surface area contributed by atoms with E-state index in [4.69, 9.17) is 4.74 Å². The van der Waals surface area contributed by atoms with Gasteiger partial charge in [-0.05, 0) is 25.1 Å². The second-order valence-electron chi connectivity index (χ2n) is 3.37. The molecule has 0 radical (unpaired) electrons. The van der Waals surface area contributed by atoms with Crippen molar-refractivity contribution in [2.24, 2.45) is 0 Å². The molecule has 1 rings (SSSR count). The van der Waals surface area contributed by atoms with E-state index in [-0.39, 0.29) is 24.8 Å². The molecular formula is C12H13BrO4. The van der Waals surface area contributed by atoms with Crippen LogP contribution in [0.1, 0.15) is 23.7 Å². The van der Waals surface area contributed by atoms with Crippen molar-refractivity contribution in [3.63, 3.8) is 0 Å². The lowest BCUT2D eigenvalue weighted by molar-refractivity contribution is -0.141. The molecule has 0 amide bonds. The summed E-state index contributed by atoms with van der Waals surface area (Å²) < 4.78 is 10.7. The molecule has 0 heterocycles.